The van der Waals surface area contributed by atoms with E-state index in [0.717, 1.165) is 11.1 Å². The zero-order valence-electron chi connectivity index (χ0n) is 11.3. The summed E-state index contributed by atoms with van der Waals surface area (Å²) in [5.74, 6) is -0.108. The van der Waals surface area contributed by atoms with Gasteiger partial charge in [-0.1, -0.05) is 12.1 Å². The second-order valence-corrected chi connectivity index (χ2v) is 4.69. The lowest BCUT2D eigenvalue weighted by Gasteiger charge is -2.06. The van der Waals surface area contributed by atoms with Gasteiger partial charge in [0, 0.05) is 11.6 Å². The van der Waals surface area contributed by atoms with Gasteiger partial charge in [-0.25, -0.2) is 4.68 Å². The fourth-order valence-corrected chi connectivity index (χ4v) is 1.81. The number of carbonyl (C=O) groups excluding carboxylic acids is 1. The van der Waals surface area contributed by atoms with Crippen LogP contribution in [0.2, 0.25) is 0 Å². The Bertz CT molecular complexity index is 687. The summed E-state index contributed by atoms with van der Waals surface area (Å²) < 4.78 is 1.20. The summed E-state index contributed by atoms with van der Waals surface area (Å²) in [7, 11) is 0. The minimum atomic E-state index is -0.261. The molecule has 4 heteroatoms. The van der Waals surface area contributed by atoms with Crippen LogP contribution in [0.1, 0.15) is 27.2 Å². The first-order valence-corrected chi connectivity index (χ1v) is 6.12. The number of Topliss-reactive ketones (excluding diaryl/α,β-unsaturated/α-hetero) is 1. The molecule has 0 N–H and O–H groups in total. The molecule has 0 atom stereocenters. The van der Waals surface area contributed by atoms with Gasteiger partial charge in [0.05, 0.1) is 5.69 Å². The molecule has 19 heavy (non-hydrogen) atoms. The molecule has 0 aliphatic rings. The monoisotopic (exact) mass is 256 g/mol. The van der Waals surface area contributed by atoms with Crippen molar-refractivity contribution >= 4 is 5.78 Å². The highest BCUT2D eigenvalue weighted by Gasteiger charge is 2.09. The standard InChI is InChI=1S/C15H16N2O2/c1-10-4-6-13(8-11(10)2)14(18)9-17-15(19)7-5-12(3)16-17/h4-8H,9H2,1-3H3. The molecule has 4 nitrogen and oxygen atoms in total. The zero-order valence-corrected chi connectivity index (χ0v) is 11.3. The molecule has 1 aromatic heterocycles. The molecule has 0 saturated carbocycles. The van der Waals surface area contributed by atoms with Crippen LogP contribution < -0.4 is 5.56 Å². The highest BCUT2D eigenvalue weighted by molar-refractivity contribution is 5.96. The van der Waals surface area contributed by atoms with E-state index in [1.807, 2.05) is 26.0 Å². The van der Waals surface area contributed by atoms with Crippen LogP contribution in [0.5, 0.6) is 0 Å². The summed E-state index contributed by atoms with van der Waals surface area (Å²) >= 11 is 0. The molecule has 0 amide bonds. The molecule has 0 unspecified atom stereocenters. The molecule has 0 radical (unpaired) electrons. The summed E-state index contributed by atoms with van der Waals surface area (Å²) in [6.45, 7) is 5.72. The van der Waals surface area contributed by atoms with Crippen LogP contribution in [0.3, 0.4) is 0 Å². The lowest BCUT2D eigenvalue weighted by Crippen LogP contribution is -2.26. The van der Waals surface area contributed by atoms with E-state index in [2.05, 4.69) is 5.10 Å². The van der Waals surface area contributed by atoms with Crippen molar-refractivity contribution in [3.05, 3.63) is 63.1 Å². The molecule has 0 aliphatic carbocycles. The van der Waals surface area contributed by atoms with Gasteiger partial charge in [0.2, 0.25) is 0 Å². The van der Waals surface area contributed by atoms with Crippen molar-refractivity contribution in [1.29, 1.82) is 0 Å². The maximum absolute atomic E-state index is 12.1. The molecule has 0 saturated heterocycles. The van der Waals surface area contributed by atoms with E-state index < -0.39 is 0 Å². The maximum Gasteiger partial charge on any atom is 0.267 e. The molecule has 1 aromatic carbocycles. The van der Waals surface area contributed by atoms with Crippen LogP contribution in [0.25, 0.3) is 0 Å². The maximum atomic E-state index is 12.1. The Morgan fingerprint density at radius 1 is 1.11 bits per heavy atom. The largest absolute Gasteiger partial charge is 0.292 e. The van der Waals surface area contributed by atoms with Gasteiger partial charge in [-0.2, -0.15) is 5.10 Å². The molecule has 0 spiro atoms. The van der Waals surface area contributed by atoms with E-state index in [-0.39, 0.29) is 17.9 Å². The first kappa shape index (κ1) is 13.2. The Balaban J connectivity index is 2.28. The number of benzene rings is 1. The predicted molar refractivity (Wildman–Crippen MR) is 73.5 cm³/mol. The van der Waals surface area contributed by atoms with Gasteiger partial charge < -0.3 is 0 Å². The molecule has 2 aromatic rings. The Morgan fingerprint density at radius 3 is 2.53 bits per heavy atom. The Morgan fingerprint density at radius 2 is 1.84 bits per heavy atom. The van der Waals surface area contributed by atoms with E-state index in [1.54, 1.807) is 19.1 Å². The Labute approximate surface area is 111 Å². The SMILES string of the molecule is Cc1ccc(=O)n(CC(=O)c2ccc(C)c(C)c2)n1. The van der Waals surface area contributed by atoms with E-state index in [4.69, 9.17) is 0 Å². The van der Waals surface area contributed by atoms with Crippen LogP contribution in [0.4, 0.5) is 0 Å². The highest BCUT2D eigenvalue weighted by atomic mass is 16.1. The van der Waals surface area contributed by atoms with Gasteiger partial charge in [-0.15, -0.1) is 0 Å². The number of nitrogens with zero attached hydrogens (tertiary/aromatic N) is 2. The molecular weight excluding hydrogens is 240 g/mol. The lowest BCUT2D eigenvalue weighted by atomic mass is 10.0. The smallest absolute Gasteiger partial charge is 0.267 e. The summed E-state index contributed by atoms with van der Waals surface area (Å²) in [4.78, 5) is 23.7. The molecule has 98 valence electrons. The molecule has 0 bridgehead atoms. The van der Waals surface area contributed by atoms with Gasteiger partial charge in [-0.3, -0.25) is 9.59 Å². The number of aryl methyl sites for hydroxylation is 3. The fraction of sp³-hybridized carbons (Fsp3) is 0.267. The average molecular weight is 256 g/mol. The summed E-state index contributed by atoms with van der Waals surface area (Å²) in [5.41, 5.74) is 3.27. The fourth-order valence-electron chi connectivity index (χ4n) is 1.81. The van der Waals surface area contributed by atoms with Crippen molar-refractivity contribution in [3.8, 4) is 0 Å². The number of ketones is 1. The molecule has 0 aliphatic heterocycles. The van der Waals surface area contributed by atoms with Crippen LogP contribution >= 0.6 is 0 Å². The average Bonchev–Trinajstić information content (AvgIpc) is 2.37. The minimum Gasteiger partial charge on any atom is -0.292 e. The topological polar surface area (TPSA) is 52.0 Å². The Kier molecular flexibility index (Phi) is 3.60. The van der Waals surface area contributed by atoms with Crippen LogP contribution in [-0.2, 0) is 6.54 Å². The predicted octanol–water partition coefficient (Wildman–Crippen LogP) is 2.05. The number of carbonyl (C=O) groups is 1. The van der Waals surface area contributed by atoms with Gasteiger partial charge in [0.25, 0.3) is 5.56 Å². The van der Waals surface area contributed by atoms with Gasteiger partial charge in [-0.05, 0) is 44.0 Å². The summed E-state index contributed by atoms with van der Waals surface area (Å²) in [5, 5.41) is 4.06. The van der Waals surface area contributed by atoms with Crippen LogP contribution in [0.15, 0.2) is 35.1 Å². The first-order chi connectivity index (χ1) is 8.97. The molecule has 1 heterocycles. The van der Waals surface area contributed by atoms with Crippen molar-refractivity contribution < 1.29 is 4.79 Å². The lowest BCUT2D eigenvalue weighted by molar-refractivity contribution is 0.0965. The van der Waals surface area contributed by atoms with E-state index in [1.165, 1.54) is 10.7 Å². The first-order valence-electron chi connectivity index (χ1n) is 6.12. The third kappa shape index (κ3) is 2.96. The second kappa shape index (κ2) is 5.18. The van der Waals surface area contributed by atoms with Gasteiger partial charge in [0.15, 0.2) is 5.78 Å². The third-order valence-electron chi connectivity index (χ3n) is 3.12. The molecular formula is C15H16N2O2. The minimum absolute atomic E-state index is 0.0248. The Hall–Kier alpha value is -2.23. The van der Waals surface area contributed by atoms with Crippen molar-refractivity contribution in [3.63, 3.8) is 0 Å². The third-order valence-corrected chi connectivity index (χ3v) is 3.12. The number of hydrogen-bond donors (Lipinski definition) is 0. The number of rotatable bonds is 3. The molecule has 0 fully saturated rings. The quantitative estimate of drug-likeness (QED) is 0.790. The summed E-state index contributed by atoms with van der Waals surface area (Å²) in [6.07, 6.45) is 0. The molecule has 2 rings (SSSR count). The van der Waals surface area contributed by atoms with Gasteiger partial charge >= 0.3 is 0 Å². The number of aromatic nitrogens is 2. The van der Waals surface area contributed by atoms with Crippen LogP contribution in [0, 0.1) is 20.8 Å². The second-order valence-electron chi connectivity index (χ2n) is 4.69. The van der Waals surface area contributed by atoms with Crippen molar-refractivity contribution in [2.75, 3.05) is 0 Å². The number of hydrogen-bond acceptors (Lipinski definition) is 3. The van der Waals surface area contributed by atoms with Crippen molar-refractivity contribution in [1.82, 2.24) is 9.78 Å². The highest BCUT2D eigenvalue weighted by Crippen LogP contribution is 2.10. The summed E-state index contributed by atoms with van der Waals surface area (Å²) in [6, 6.07) is 8.61. The van der Waals surface area contributed by atoms with Gasteiger partial charge in [0.1, 0.15) is 6.54 Å². The van der Waals surface area contributed by atoms with Crippen molar-refractivity contribution in [2.45, 2.75) is 27.3 Å². The zero-order chi connectivity index (χ0) is 14.0. The van der Waals surface area contributed by atoms with E-state index in [0.29, 0.717) is 11.3 Å². The van der Waals surface area contributed by atoms with E-state index in [9.17, 15) is 9.59 Å². The van der Waals surface area contributed by atoms with Crippen molar-refractivity contribution in [2.24, 2.45) is 0 Å². The van der Waals surface area contributed by atoms with E-state index >= 15 is 0 Å². The normalized spacial score (nSPS) is 10.5. The van der Waals surface area contributed by atoms with Crippen LogP contribution in [-0.4, -0.2) is 15.6 Å².